The molecule has 11 heteroatoms. The van der Waals surface area contributed by atoms with Crippen molar-refractivity contribution in [1.82, 2.24) is 15.3 Å². The van der Waals surface area contributed by atoms with Gasteiger partial charge in [-0.05, 0) is 37.5 Å². The van der Waals surface area contributed by atoms with E-state index in [4.69, 9.17) is 10.5 Å². The second kappa shape index (κ2) is 12.0. The van der Waals surface area contributed by atoms with Crippen LogP contribution in [0.2, 0.25) is 0 Å². The maximum atomic E-state index is 13.0. The number of aromatic nitrogens is 2. The zero-order valence-corrected chi connectivity index (χ0v) is 17.9. The van der Waals surface area contributed by atoms with Crippen molar-refractivity contribution in [2.45, 2.75) is 39.4 Å². The fraction of sp³-hybridized carbons (Fsp3) is 0.381. The van der Waals surface area contributed by atoms with Crippen molar-refractivity contribution in [3.63, 3.8) is 0 Å². The lowest BCUT2D eigenvalue weighted by atomic mass is 10.1. The number of amides is 2. The summed E-state index contributed by atoms with van der Waals surface area (Å²) in [5, 5.41) is 17.9. The fourth-order valence-corrected chi connectivity index (χ4v) is 2.87. The molecule has 1 aromatic carbocycles. The minimum Gasteiger partial charge on any atom is -0.477 e. The minimum absolute atomic E-state index is 0.0121. The van der Waals surface area contributed by atoms with Crippen LogP contribution in [0.1, 0.15) is 37.8 Å². The molecule has 10 nitrogen and oxygen atoms in total. The number of ether oxygens (including phenoxy) is 1. The predicted molar refractivity (Wildman–Crippen MR) is 118 cm³/mol. The Bertz CT molecular complexity index is 994. The normalized spacial score (nSPS) is 11.2. The van der Waals surface area contributed by atoms with Crippen molar-refractivity contribution >= 4 is 29.3 Å². The summed E-state index contributed by atoms with van der Waals surface area (Å²) in [6.07, 6.45) is 0.767. The summed E-state index contributed by atoms with van der Waals surface area (Å²) in [5.74, 6) is -0.664. The predicted octanol–water partition coefficient (Wildman–Crippen LogP) is 2.13. The minimum atomic E-state index is -0.839. The van der Waals surface area contributed by atoms with Crippen LogP contribution in [0.4, 0.5) is 21.8 Å². The molecule has 2 amide bonds. The van der Waals surface area contributed by atoms with Gasteiger partial charge >= 0.3 is 0 Å². The number of anilines is 3. The molecule has 0 fully saturated rings. The Labute approximate surface area is 185 Å². The van der Waals surface area contributed by atoms with Gasteiger partial charge in [-0.15, -0.1) is 0 Å². The zero-order chi connectivity index (χ0) is 23.5. The molecule has 170 valence electrons. The van der Waals surface area contributed by atoms with Gasteiger partial charge in [0.05, 0.1) is 6.61 Å². The third-order valence-corrected chi connectivity index (χ3v) is 4.31. The lowest BCUT2D eigenvalue weighted by Gasteiger charge is -2.20. The second-order valence-electron chi connectivity index (χ2n) is 6.80. The van der Waals surface area contributed by atoms with Gasteiger partial charge in [0.2, 0.25) is 23.6 Å². The van der Waals surface area contributed by atoms with E-state index in [0.717, 1.165) is 0 Å². The van der Waals surface area contributed by atoms with Crippen LogP contribution in [0.15, 0.2) is 24.3 Å². The highest BCUT2D eigenvalue weighted by atomic mass is 19.1. The van der Waals surface area contributed by atoms with Crippen LogP contribution < -0.4 is 26.4 Å². The number of halogens is 1. The number of carbonyl (C=O) groups is 2. The summed E-state index contributed by atoms with van der Waals surface area (Å²) in [7, 11) is 0. The maximum Gasteiger partial charge on any atom is 0.246 e. The second-order valence-corrected chi connectivity index (χ2v) is 6.80. The molecule has 32 heavy (non-hydrogen) atoms. The molecule has 1 atom stereocenters. The van der Waals surface area contributed by atoms with Gasteiger partial charge in [0.1, 0.15) is 18.8 Å². The lowest BCUT2D eigenvalue weighted by Crippen LogP contribution is -2.36. The van der Waals surface area contributed by atoms with E-state index in [2.05, 4.69) is 25.9 Å². The number of nitrogens with two attached hydrogens (primary N) is 1. The molecule has 0 aliphatic rings. The van der Waals surface area contributed by atoms with E-state index < -0.39 is 18.6 Å². The Hall–Kier alpha value is -3.94. The molecule has 0 aliphatic heterocycles. The van der Waals surface area contributed by atoms with Gasteiger partial charge in [-0.3, -0.25) is 9.59 Å². The van der Waals surface area contributed by atoms with E-state index in [-0.39, 0.29) is 35.7 Å². The molecule has 0 radical (unpaired) electrons. The average molecular weight is 443 g/mol. The quantitative estimate of drug-likeness (QED) is 0.385. The Kier molecular flexibility index (Phi) is 9.16. The van der Waals surface area contributed by atoms with Crippen LogP contribution in [0.3, 0.4) is 0 Å². The molecule has 2 aromatic rings. The van der Waals surface area contributed by atoms with E-state index in [1.165, 1.54) is 13.0 Å². The molecule has 0 aliphatic carbocycles. The molecular weight excluding hydrogens is 417 g/mol. The largest absolute Gasteiger partial charge is 0.477 e. The number of alkyl halides is 1. The first-order chi connectivity index (χ1) is 15.4. The van der Waals surface area contributed by atoms with Crippen molar-refractivity contribution in [2.24, 2.45) is 0 Å². The average Bonchev–Trinajstić information content (AvgIpc) is 2.75. The molecule has 2 rings (SSSR count). The first kappa shape index (κ1) is 24.3. The highest BCUT2D eigenvalue weighted by Gasteiger charge is 2.23. The van der Waals surface area contributed by atoms with E-state index in [9.17, 15) is 19.2 Å². The topological polar surface area (TPSA) is 155 Å². The Balaban J connectivity index is 2.27. The SMILES string of the molecule is CCOc1nc(N)nc(N[C@@H](CCCNC(C)=O)C(=O)Nc2cccc(CF)c2)c1C#N. The van der Waals surface area contributed by atoms with Gasteiger partial charge in [0, 0.05) is 19.2 Å². The Morgan fingerprint density at radius 1 is 1.34 bits per heavy atom. The molecule has 1 aromatic heterocycles. The molecule has 0 unspecified atom stereocenters. The number of benzene rings is 1. The first-order valence-electron chi connectivity index (χ1n) is 10.0. The summed E-state index contributed by atoms with van der Waals surface area (Å²) < 4.78 is 18.3. The van der Waals surface area contributed by atoms with Crippen LogP contribution in [-0.2, 0) is 16.3 Å². The summed E-state index contributed by atoms with van der Waals surface area (Å²) >= 11 is 0. The monoisotopic (exact) mass is 443 g/mol. The number of nitriles is 1. The third-order valence-electron chi connectivity index (χ3n) is 4.31. The number of rotatable bonds is 11. The standard InChI is InChI=1S/C21H26FN7O3/c1-3-32-20-16(12-23)18(28-21(24)29-20)27-17(8-5-9-25-13(2)30)19(31)26-15-7-4-6-14(10-15)11-22/h4,6-7,10,17H,3,5,8-9,11H2,1-2H3,(H,25,30)(H,26,31)(H3,24,27,28,29)/t17-/m0/s1. The van der Waals surface area contributed by atoms with Crippen molar-refractivity contribution in [2.75, 3.05) is 29.5 Å². The van der Waals surface area contributed by atoms with Gasteiger partial charge in [-0.25, -0.2) is 4.39 Å². The Morgan fingerprint density at radius 3 is 2.78 bits per heavy atom. The summed E-state index contributed by atoms with van der Waals surface area (Å²) in [4.78, 5) is 32.1. The third kappa shape index (κ3) is 7.09. The van der Waals surface area contributed by atoms with E-state index in [1.807, 2.05) is 6.07 Å². The van der Waals surface area contributed by atoms with Gasteiger partial charge in [-0.2, -0.15) is 15.2 Å². The molecule has 5 N–H and O–H groups in total. The van der Waals surface area contributed by atoms with E-state index in [0.29, 0.717) is 30.6 Å². The maximum absolute atomic E-state index is 13.0. The first-order valence-corrected chi connectivity index (χ1v) is 10.0. The van der Waals surface area contributed by atoms with Gasteiger partial charge in [0.25, 0.3) is 0 Å². The molecule has 0 saturated heterocycles. The lowest BCUT2D eigenvalue weighted by molar-refractivity contribution is -0.119. The molecular formula is C21H26FN7O3. The van der Waals surface area contributed by atoms with Crippen LogP contribution in [0.25, 0.3) is 0 Å². The van der Waals surface area contributed by atoms with Crippen LogP contribution in [0.5, 0.6) is 5.88 Å². The van der Waals surface area contributed by atoms with Crippen LogP contribution in [-0.4, -0.2) is 41.0 Å². The number of nitrogens with zero attached hydrogens (tertiary/aromatic N) is 3. The van der Waals surface area contributed by atoms with Crippen molar-refractivity contribution in [3.8, 4) is 11.9 Å². The van der Waals surface area contributed by atoms with Crippen LogP contribution >= 0.6 is 0 Å². The molecule has 1 heterocycles. The molecule has 0 spiro atoms. The van der Waals surface area contributed by atoms with Crippen molar-refractivity contribution in [3.05, 3.63) is 35.4 Å². The highest BCUT2D eigenvalue weighted by Crippen LogP contribution is 2.25. The van der Waals surface area contributed by atoms with E-state index >= 15 is 0 Å². The summed E-state index contributed by atoms with van der Waals surface area (Å²) in [6.45, 7) is 3.10. The van der Waals surface area contributed by atoms with Gasteiger partial charge in [0.15, 0.2) is 11.4 Å². The van der Waals surface area contributed by atoms with Crippen molar-refractivity contribution < 1.29 is 18.7 Å². The van der Waals surface area contributed by atoms with Crippen LogP contribution in [0, 0.1) is 11.3 Å². The van der Waals surface area contributed by atoms with Crippen molar-refractivity contribution in [1.29, 1.82) is 5.26 Å². The molecule has 0 saturated carbocycles. The number of hydrogen-bond acceptors (Lipinski definition) is 8. The number of carbonyl (C=O) groups excluding carboxylic acids is 2. The highest BCUT2D eigenvalue weighted by molar-refractivity contribution is 5.96. The van der Waals surface area contributed by atoms with E-state index in [1.54, 1.807) is 25.1 Å². The summed E-state index contributed by atoms with van der Waals surface area (Å²) in [6, 6.07) is 7.55. The number of nitrogen functional groups attached to an aromatic ring is 1. The number of hydrogen-bond donors (Lipinski definition) is 4. The zero-order valence-electron chi connectivity index (χ0n) is 17.9. The summed E-state index contributed by atoms with van der Waals surface area (Å²) in [5.41, 5.74) is 6.61. The van der Waals surface area contributed by atoms with Gasteiger partial charge in [-0.1, -0.05) is 12.1 Å². The molecule has 0 bridgehead atoms. The Morgan fingerprint density at radius 2 is 2.12 bits per heavy atom. The van der Waals surface area contributed by atoms with Gasteiger partial charge < -0.3 is 26.4 Å². The number of nitrogens with one attached hydrogen (secondary N) is 3. The fourth-order valence-electron chi connectivity index (χ4n) is 2.87. The smallest absolute Gasteiger partial charge is 0.246 e.